The fourth-order valence-electron chi connectivity index (χ4n) is 0.715. The molecular weight excluding hydrogens is 136 g/mol. The third kappa shape index (κ3) is 0.877. The lowest BCUT2D eigenvalue weighted by atomic mass is 10.1. The van der Waals surface area contributed by atoms with Crippen LogP contribution in [0.25, 0.3) is 0 Å². The molecule has 1 aliphatic rings. The number of esters is 1. The molecule has 0 unspecified atom stereocenters. The first-order valence-electron chi connectivity index (χ1n) is 2.71. The summed E-state index contributed by atoms with van der Waals surface area (Å²) in [6, 6.07) is 0. The van der Waals surface area contributed by atoms with E-state index in [0.717, 1.165) is 0 Å². The molecule has 10 heavy (non-hydrogen) atoms. The van der Waals surface area contributed by atoms with Gasteiger partial charge in [0, 0.05) is 5.57 Å². The van der Waals surface area contributed by atoms with E-state index in [2.05, 4.69) is 11.3 Å². The Kier molecular flexibility index (Phi) is 1.45. The summed E-state index contributed by atoms with van der Waals surface area (Å²) in [5.74, 6) is -2.50. The number of hydrogen-bond donors (Lipinski definition) is 1. The van der Waals surface area contributed by atoms with E-state index in [1.807, 2.05) is 0 Å². The Balaban J connectivity index is 2.76. The number of carboxylic acids is 1. The van der Waals surface area contributed by atoms with Crippen molar-refractivity contribution < 1.29 is 19.4 Å². The molecule has 0 saturated carbocycles. The van der Waals surface area contributed by atoms with Crippen molar-refractivity contribution in [3.8, 4) is 0 Å². The smallest absolute Gasteiger partial charge is 0.334 e. The minimum atomic E-state index is -1.06. The molecule has 54 valence electrons. The summed E-state index contributed by atoms with van der Waals surface area (Å²) in [6.45, 7) is 3.21. The summed E-state index contributed by atoms with van der Waals surface area (Å²) >= 11 is 0. The molecule has 1 aliphatic heterocycles. The number of aliphatic carboxylic acids is 1. The number of carbonyl (C=O) groups is 2. The van der Waals surface area contributed by atoms with Crippen molar-refractivity contribution in [3.05, 3.63) is 12.2 Å². The molecule has 1 heterocycles. The maximum absolute atomic E-state index is 10.5. The number of cyclic esters (lactones) is 1. The predicted molar refractivity (Wildman–Crippen MR) is 31.2 cm³/mol. The van der Waals surface area contributed by atoms with Crippen molar-refractivity contribution in [2.75, 3.05) is 6.61 Å². The quantitative estimate of drug-likeness (QED) is 0.406. The molecule has 1 rings (SSSR count). The van der Waals surface area contributed by atoms with Crippen LogP contribution < -0.4 is 0 Å². The lowest BCUT2D eigenvalue weighted by molar-refractivity contribution is -0.140. The molecular formula is C6H6O4. The number of hydrogen-bond acceptors (Lipinski definition) is 3. The Labute approximate surface area is 57.1 Å². The first kappa shape index (κ1) is 6.80. The van der Waals surface area contributed by atoms with E-state index in [9.17, 15) is 9.59 Å². The Bertz CT molecular complexity index is 206. The fraction of sp³-hybridized carbons (Fsp3) is 0.333. The van der Waals surface area contributed by atoms with Crippen LogP contribution in [-0.4, -0.2) is 23.7 Å². The van der Waals surface area contributed by atoms with Crippen LogP contribution >= 0.6 is 0 Å². The second kappa shape index (κ2) is 2.13. The van der Waals surface area contributed by atoms with Gasteiger partial charge in [0.15, 0.2) is 0 Å². The van der Waals surface area contributed by atoms with E-state index < -0.39 is 17.9 Å². The normalized spacial score (nSPS) is 24.6. The highest BCUT2D eigenvalue weighted by atomic mass is 16.5. The largest absolute Gasteiger partial charge is 0.481 e. The van der Waals surface area contributed by atoms with Crippen LogP contribution in [0.3, 0.4) is 0 Å². The first-order chi connectivity index (χ1) is 4.63. The van der Waals surface area contributed by atoms with Gasteiger partial charge in [-0.1, -0.05) is 6.58 Å². The zero-order valence-corrected chi connectivity index (χ0v) is 5.16. The third-order valence-corrected chi connectivity index (χ3v) is 1.36. The molecule has 1 fully saturated rings. The molecule has 0 amide bonds. The van der Waals surface area contributed by atoms with E-state index in [4.69, 9.17) is 5.11 Å². The molecule has 0 aromatic rings. The summed E-state index contributed by atoms with van der Waals surface area (Å²) in [4.78, 5) is 20.8. The highest BCUT2D eigenvalue weighted by Gasteiger charge is 2.34. The molecule has 0 aliphatic carbocycles. The van der Waals surface area contributed by atoms with Crippen LogP contribution in [-0.2, 0) is 14.3 Å². The van der Waals surface area contributed by atoms with Gasteiger partial charge in [0.1, 0.15) is 12.5 Å². The summed E-state index contributed by atoms with van der Waals surface area (Å²) in [6.07, 6.45) is 0. The fourth-order valence-corrected chi connectivity index (χ4v) is 0.715. The number of carboxylic acid groups (broad SMARTS) is 1. The van der Waals surface area contributed by atoms with E-state index in [-0.39, 0.29) is 12.2 Å². The van der Waals surface area contributed by atoms with Crippen LogP contribution in [0.4, 0.5) is 0 Å². The lowest BCUT2D eigenvalue weighted by Gasteiger charge is -1.96. The third-order valence-electron chi connectivity index (χ3n) is 1.36. The van der Waals surface area contributed by atoms with Gasteiger partial charge in [-0.3, -0.25) is 4.79 Å². The van der Waals surface area contributed by atoms with E-state index in [1.54, 1.807) is 0 Å². The van der Waals surface area contributed by atoms with Gasteiger partial charge in [-0.15, -0.1) is 0 Å². The number of ether oxygens (including phenoxy) is 1. The van der Waals surface area contributed by atoms with Crippen molar-refractivity contribution in [3.63, 3.8) is 0 Å². The van der Waals surface area contributed by atoms with Crippen molar-refractivity contribution >= 4 is 11.9 Å². The Morgan fingerprint density at radius 2 is 2.40 bits per heavy atom. The van der Waals surface area contributed by atoms with Crippen LogP contribution in [0.5, 0.6) is 0 Å². The highest BCUT2D eigenvalue weighted by Crippen LogP contribution is 2.18. The Morgan fingerprint density at radius 3 is 2.60 bits per heavy atom. The average molecular weight is 142 g/mol. The standard InChI is InChI=1S/C6H6O4/c1-3-4(5(7)8)2-10-6(3)9/h4H,1-2H2,(H,7,8)/t4-/m1/s1. The predicted octanol–water partition coefficient (Wildman–Crippen LogP) is -0.200. The van der Waals surface area contributed by atoms with Crippen molar-refractivity contribution in [1.29, 1.82) is 0 Å². The molecule has 1 atom stereocenters. The van der Waals surface area contributed by atoms with Gasteiger partial charge < -0.3 is 9.84 Å². The topological polar surface area (TPSA) is 63.6 Å². The molecule has 1 saturated heterocycles. The van der Waals surface area contributed by atoms with E-state index in [0.29, 0.717) is 0 Å². The zero-order chi connectivity index (χ0) is 7.72. The molecule has 4 nitrogen and oxygen atoms in total. The monoisotopic (exact) mass is 142 g/mol. The Morgan fingerprint density at radius 1 is 1.80 bits per heavy atom. The maximum atomic E-state index is 10.5. The summed E-state index contributed by atoms with van der Waals surface area (Å²) in [5, 5.41) is 8.41. The molecule has 0 aromatic carbocycles. The highest BCUT2D eigenvalue weighted by molar-refractivity contribution is 5.97. The second-order valence-electron chi connectivity index (χ2n) is 2.01. The van der Waals surface area contributed by atoms with E-state index >= 15 is 0 Å². The molecule has 0 radical (unpaired) electrons. The van der Waals surface area contributed by atoms with Gasteiger partial charge in [0.2, 0.25) is 0 Å². The zero-order valence-electron chi connectivity index (χ0n) is 5.16. The summed E-state index contributed by atoms with van der Waals surface area (Å²) in [5.41, 5.74) is 0.0347. The van der Waals surface area contributed by atoms with Gasteiger partial charge in [-0.2, -0.15) is 0 Å². The minimum absolute atomic E-state index is 0.0347. The van der Waals surface area contributed by atoms with E-state index in [1.165, 1.54) is 0 Å². The summed E-state index contributed by atoms with van der Waals surface area (Å²) < 4.78 is 4.42. The van der Waals surface area contributed by atoms with Gasteiger partial charge in [-0.25, -0.2) is 4.79 Å². The molecule has 0 bridgehead atoms. The maximum Gasteiger partial charge on any atom is 0.334 e. The first-order valence-corrected chi connectivity index (χ1v) is 2.71. The molecule has 4 heteroatoms. The van der Waals surface area contributed by atoms with Gasteiger partial charge in [-0.05, 0) is 0 Å². The minimum Gasteiger partial charge on any atom is -0.481 e. The van der Waals surface area contributed by atoms with Gasteiger partial charge >= 0.3 is 11.9 Å². The van der Waals surface area contributed by atoms with Crippen LogP contribution in [0.1, 0.15) is 0 Å². The van der Waals surface area contributed by atoms with Gasteiger partial charge in [0.05, 0.1) is 0 Å². The number of carbonyl (C=O) groups excluding carboxylic acids is 1. The average Bonchev–Trinajstić information content (AvgIpc) is 2.14. The molecule has 0 aromatic heterocycles. The second-order valence-corrected chi connectivity index (χ2v) is 2.01. The van der Waals surface area contributed by atoms with Gasteiger partial charge in [0.25, 0.3) is 0 Å². The number of rotatable bonds is 1. The van der Waals surface area contributed by atoms with Crippen LogP contribution in [0, 0.1) is 5.92 Å². The molecule has 1 N–H and O–H groups in total. The summed E-state index contributed by atoms with van der Waals surface area (Å²) in [7, 11) is 0. The molecule has 0 spiro atoms. The van der Waals surface area contributed by atoms with Crippen molar-refractivity contribution in [2.45, 2.75) is 0 Å². The van der Waals surface area contributed by atoms with Crippen LogP contribution in [0.15, 0.2) is 12.2 Å². The Hall–Kier alpha value is -1.32. The SMILES string of the molecule is C=C1C(=O)OC[C@H]1C(=O)O. The van der Waals surface area contributed by atoms with Crippen molar-refractivity contribution in [2.24, 2.45) is 5.92 Å². The lowest BCUT2D eigenvalue weighted by Crippen LogP contribution is -2.14. The van der Waals surface area contributed by atoms with Crippen molar-refractivity contribution in [1.82, 2.24) is 0 Å². The van der Waals surface area contributed by atoms with Crippen LogP contribution in [0.2, 0.25) is 0 Å².